The lowest BCUT2D eigenvalue weighted by Crippen LogP contribution is -2.49. The second-order valence-corrected chi connectivity index (χ2v) is 10.9. The van der Waals surface area contributed by atoms with E-state index in [1.54, 1.807) is 20.8 Å². The average Bonchev–Trinajstić information content (AvgIpc) is 3.15. The lowest BCUT2D eigenvalue weighted by molar-refractivity contribution is -0.123. The second-order valence-electron chi connectivity index (χ2n) is 10.9. The van der Waals surface area contributed by atoms with Gasteiger partial charge < -0.3 is 30.4 Å². The predicted octanol–water partition coefficient (Wildman–Crippen LogP) is 4.81. The van der Waals surface area contributed by atoms with E-state index in [4.69, 9.17) is 9.47 Å². The van der Waals surface area contributed by atoms with Gasteiger partial charge in [-0.1, -0.05) is 31.0 Å². The number of carbonyl (C=O) groups excluding carboxylic acids is 3. The molecule has 0 spiro atoms. The van der Waals surface area contributed by atoms with Crippen molar-refractivity contribution in [3.8, 4) is 0 Å². The SMILES string of the molecule is CC(C)(C)OC(=O)NCCCCCCNC(=O)[C@@H](Cc1c[nH]c2ccccc12)NC(=O)OC(C)(C)C. The fraction of sp³-hybridized carbons (Fsp3) is 0.593. The van der Waals surface area contributed by atoms with E-state index < -0.39 is 29.4 Å². The van der Waals surface area contributed by atoms with Crippen molar-refractivity contribution in [3.63, 3.8) is 0 Å². The maximum absolute atomic E-state index is 13.0. The summed E-state index contributed by atoms with van der Waals surface area (Å²) in [6, 6.07) is 7.08. The summed E-state index contributed by atoms with van der Waals surface area (Å²) in [7, 11) is 0. The number of aromatic nitrogens is 1. The Hall–Kier alpha value is -3.23. The van der Waals surface area contributed by atoms with Crippen molar-refractivity contribution in [2.24, 2.45) is 0 Å². The van der Waals surface area contributed by atoms with Gasteiger partial charge in [0.1, 0.15) is 17.2 Å². The first-order valence-corrected chi connectivity index (χ1v) is 12.6. The van der Waals surface area contributed by atoms with Gasteiger partial charge in [-0.15, -0.1) is 0 Å². The Labute approximate surface area is 214 Å². The molecule has 2 aromatic rings. The summed E-state index contributed by atoms with van der Waals surface area (Å²) >= 11 is 0. The van der Waals surface area contributed by atoms with Gasteiger partial charge in [0.15, 0.2) is 0 Å². The van der Waals surface area contributed by atoms with Crippen molar-refractivity contribution in [1.82, 2.24) is 20.9 Å². The number of para-hydroxylation sites is 1. The molecule has 36 heavy (non-hydrogen) atoms. The van der Waals surface area contributed by atoms with Crippen LogP contribution >= 0.6 is 0 Å². The Kier molecular flexibility index (Phi) is 10.6. The van der Waals surface area contributed by atoms with Crippen molar-refractivity contribution in [1.29, 1.82) is 0 Å². The van der Waals surface area contributed by atoms with Gasteiger partial charge in [-0.3, -0.25) is 4.79 Å². The number of amides is 3. The standard InChI is InChI=1S/C27H42N4O5/c1-26(2,3)35-24(33)29-16-12-8-7-11-15-28-23(32)22(31-25(34)36-27(4,5)6)17-19-18-30-21-14-10-9-13-20(19)21/h9-10,13-14,18,22,30H,7-8,11-12,15-17H2,1-6H3,(H,28,32)(H,29,33)(H,31,34)/t22-/m1/s1. The zero-order valence-corrected chi connectivity index (χ0v) is 22.5. The molecular weight excluding hydrogens is 460 g/mol. The molecule has 1 aromatic heterocycles. The van der Waals surface area contributed by atoms with Crippen LogP contribution in [0.1, 0.15) is 72.8 Å². The number of nitrogens with one attached hydrogen (secondary N) is 4. The first-order valence-electron chi connectivity index (χ1n) is 12.6. The Morgan fingerprint density at radius 2 is 1.42 bits per heavy atom. The number of rotatable bonds is 11. The topological polar surface area (TPSA) is 122 Å². The number of benzene rings is 1. The van der Waals surface area contributed by atoms with Crippen LogP contribution in [-0.2, 0) is 20.7 Å². The molecule has 0 fully saturated rings. The van der Waals surface area contributed by atoms with Gasteiger partial charge >= 0.3 is 12.2 Å². The van der Waals surface area contributed by atoms with Gasteiger partial charge in [0, 0.05) is 36.6 Å². The van der Waals surface area contributed by atoms with Crippen LogP contribution in [-0.4, -0.2) is 53.4 Å². The lowest BCUT2D eigenvalue weighted by atomic mass is 10.0. The minimum absolute atomic E-state index is 0.252. The van der Waals surface area contributed by atoms with E-state index >= 15 is 0 Å². The molecule has 1 atom stereocenters. The minimum Gasteiger partial charge on any atom is -0.444 e. The third kappa shape index (κ3) is 11.0. The first kappa shape index (κ1) is 29.0. The zero-order valence-electron chi connectivity index (χ0n) is 22.5. The van der Waals surface area contributed by atoms with Crippen LogP contribution in [0.5, 0.6) is 0 Å². The van der Waals surface area contributed by atoms with E-state index in [0.717, 1.165) is 42.1 Å². The van der Waals surface area contributed by atoms with Gasteiger partial charge in [-0.2, -0.15) is 0 Å². The van der Waals surface area contributed by atoms with E-state index in [-0.39, 0.29) is 5.91 Å². The summed E-state index contributed by atoms with van der Waals surface area (Å²) in [6.07, 6.45) is 4.62. The molecule has 0 radical (unpaired) electrons. The lowest BCUT2D eigenvalue weighted by Gasteiger charge is -2.23. The van der Waals surface area contributed by atoms with Crippen molar-refractivity contribution in [2.75, 3.05) is 13.1 Å². The summed E-state index contributed by atoms with van der Waals surface area (Å²) < 4.78 is 10.6. The minimum atomic E-state index is -0.767. The van der Waals surface area contributed by atoms with Gasteiger partial charge in [-0.05, 0) is 66.0 Å². The van der Waals surface area contributed by atoms with Crippen LogP contribution < -0.4 is 16.0 Å². The highest BCUT2D eigenvalue weighted by atomic mass is 16.6. The van der Waals surface area contributed by atoms with Crippen LogP contribution in [0.2, 0.25) is 0 Å². The number of aromatic amines is 1. The molecule has 0 aliphatic carbocycles. The number of carbonyl (C=O) groups is 3. The molecule has 3 amide bonds. The normalized spacial score (nSPS) is 12.6. The van der Waals surface area contributed by atoms with Crippen LogP contribution in [0.15, 0.2) is 30.5 Å². The van der Waals surface area contributed by atoms with Gasteiger partial charge in [0.2, 0.25) is 5.91 Å². The molecule has 0 saturated carbocycles. The van der Waals surface area contributed by atoms with E-state index in [9.17, 15) is 14.4 Å². The van der Waals surface area contributed by atoms with E-state index in [1.165, 1.54) is 0 Å². The number of fused-ring (bicyclic) bond motifs is 1. The molecule has 1 heterocycles. The highest BCUT2D eigenvalue weighted by Gasteiger charge is 2.25. The first-order chi connectivity index (χ1) is 16.8. The van der Waals surface area contributed by atoms with Gasteiger partial charge in [0.25, 0.3) is 0 Å². The van der Waals surface area contributed by atoms with Crippen molar-refractivity contribution in [3.05, 3.63) is 36.0 Å². The van der Waals surface area contributed by atoms with E-state index in [2.05, 4.69) is 20.9 Å². The van der Waals surface area contributed by atoms with Gasteiger partial charge in [0.05, 0.1) is 0 Å². The number of unbranched alkanes of at least 4 members (excludes halogenated alkanes) is 3. The molecule has 0 saturated heterocycles. The maximum Gasteiger partial charge on any atom is 0.408 e. The average molecular weight is 503 g/mol. The van der Waals surface area contributed by atoms with Crippen LogP contribution in [0.25, 0.3) is 10.9 Å². The predicted molar refractivity (Wildman–Crippen MR) is 141 cm³/mol. The third-order valence-corrected chi connectivity index (χ3v) is 5.18. The number of H-pyrrole nitrogens is 1. The number of alkyl carbamates (subject to hydrolysis) is 2. The summed E-state index contributed by atoms with van der Waals surface area (Å²) in [6.45, 7) is 11.9. The fourth-order valence-electron chi connectivity index (χ4n) is 3.62. The Morgan fingerprint density at radius 3 is 2.06 bits per heavy atom. The fourth-order valence-corrected chi connectivity index (χ4v) is 3.62. The van der Waals surface area contributed by atoms with Crippen molar-refractivity contribution < 1.29 is 23.9 Å². The monoisotopic (exact) mass is 502 g/mol. The Balaban J connectivity index is 1.81. The summed E-state index contributed by atoms with van der Waals surface area (Å²) in [4.78, 5) is 40.2. The molecule has 0 bridgehead atoms. The summed E-state index contributed by atoms with van der Waals surface area (Å²) in [5.41, 5.74) is 0.751. The molecule has 0 unspecified atom stereocenters. The molecular formula is C27H42N4O5. The number of hydrogen-bond acceptors (Lipinski definition) is 5. The number of hydrogen-bond donors (Lipinski definition) is 4. The molecule has 0 aliphatic rings. The zero-order chi connectivity index (χ0) is 26.8. The smallest absolute Gasteiger partial charge is 0.408 e. The highest BCUT2D eigenvalue weighted by molar-refractivity contribution is 5.88. The molecule has 0 aliphatic heterocycles. The molecule has 4 N–H and O–H groups in total. The molecule has 9 nitrogen and oxygen atoms in total. The van der Waals surface area contributed by atoms with Crippen LogP contribution in [0.4, 0.5) is 9.59 Å². The molecule has 2 rings (SSSR count). The summed E-state index contributed by atoms with van der Waals surface area (Å²) in [5, 5.41) is 9.43. The van der Waals surface area contributed by atoms with Crippen molar-refractivity contribution >= 4 is 29.0 Å². The largest absolute Gasteiger partial charge is 0.444 e. The van der Waals surface area contributed by atoms with E-state index in [1.807, 2.05) is 51.2 Å². The van der Waals surface area contributed by atoms with E-state index in [0.29, 0.717) is 19.5 Å². The van der Waals surface area contributed by atoms with Crippen LogP contribution in [0, 0.1) is 0 Å². The molecule has 9 heteroatoms. The Bertz CT molecular complexity index is 1000. The molecule has 1 aromatic carbocycles. The molecule has 200 valence electrons. The maximum atomic E-state index is 13.0. The Morgan fingerprint density at radius 1 is 0.833 bits per heavy atom. The van der Waals surface area contributed by atoms with Gasteiger partial charge in [-0.25, -0.2) is 9.59 Å². The summed E-state index contributed by atoms with van der Waals surface area (Å²) in [5.74, 6) is -0.252. The second kappa shape index (κ2) is 13.2. The van der Waals surface area contributed by atoms with Crippen LogP contribution in [0.3, 0.4) is 0 Å². The third-order valence-electron chi connectivity index (χ3n) is 5.18. The quantitative estimate of drug-likeness (QED) is 0.329. The number of ether oxygens (including phenoxy) is 2. The van der Waals surface area contributed by atoms with Crippen molar-refractivity contribution in [2.45, 2.75) is 90.9 Å². The highest BCUT2D eigenvalue weighted by Crippen LogP contribution is 2.19.